The summed E-state index contributed by atoms with van der Waals surface area (Å²) in [6.07, 6.45) is 0. The molecule has 0 saturated heterocycles. The lowest BCUT2D eigenvalue weighted by Crippen LogP contribution is -2.42. The first-order chi connectivity index (χ1) is 11.3. The minimum Gasteiger partial charge on any atom is -0.493 e. The topological polar surface area (TPSA) is 50.8 Å². The average Bonchev–Trinajstić information content (AvgIpc) is 2.52. The van der Waals surface area contributed by atoms with Crippen LogP contribution < -0.4 is 14.8 Å². The fourth-order valence-electron chi connectivity index (χ4n) is 2.65. The van der Waals surface area contributed by atoms with Gasteiger partial charge in [0.05, 0.1) is 18.2 Å². The van der Waals surface area contributed by atoms with Crippen LogP contribution in [0.5, 0.6) is 11.5 Å². The Hall–Kier alpha value is -1.27. The molecule has 0 heterocycles. The molecule has 0 radical (unpaired) electrons. The second-order valence-electron chi connectivity index (χ2n) is 6.10. The zero-order valence-electron chi connectivity index (χ0n) is 15.5. The lowest BCUT2D eigenvalue weighted by atomic mass is 10.2. The number of ether oxygens (including phenoxy) is 2. The van der Waals surface area contributed by atoms with Crippen LogP contribution in [0.2, 0.25) is 0 Å². The molecule has 0 aliphatic rings. The van der Waals surface area contributed by atoms with Gasteiger partial charge in [-0.15, -0.1) is 0 Å². The monoisotopic (exact) mass is 400 g/mol. The minimum atomic E-state index is -0.121. The molecule has 0 aromatic heterocycles. The molecule has 1 aromatic rings. The maximum Gasteiger partial charge on any atom is 0.251 e. The van der Waals surface area contributed by atoms with Gasteiger partial charge in [-0.05, 0) is 62.7 Å². The van der Waals surface area contributed by atoms with Crippen molar-refractivity contribution in [1.29, 1.82) is 0 Å². The highest BCUT2D eigenvalue weighted by Gasteiger charge is 2.16. The molecule has 0 saturated carbocycles. The van der Waals surface area contributed by atoms with Crippen molar-refractivity contribution in [3.8, 4) is 11.5 Å². The van der Waals surface area contributed by atoms with Gasteiger partial charge in [0, 0.05) is 30.7 Å². The Labute approximate surface area is 153 Å². The summed E-state index contributed by atoms with van der Waals surface area (Å²) < 4.78 is 11.6. The van der Waals surface area contributed by atoms with Crippen molar-refractivity contribution in [2.24, 2.45) is 0 Å². The van der Waals surface area contributed by atoms with E-state index in [9.17, 15) is 4.79 Å². The van der Waals surface area contributed by atoms with Crippen LogP contribution in [0.4, 0.5) is 0 Å². The van der Waals surface area contributed by atoms with E-state index in [1.54, 1.807) is 19.2 Å². The number of amides is 1. The summed E-state index contributed by atoms with van der Waals surface area (Å²) >= 11 is 3.44. The normalized spacial score (nSPS) is 11.2. The van der Waals surface area contributed by atoms with E-state index in [2.05, 4.69) is 53.8 Å². The van der Waals surface area contributed by atoms with Crippen molar-refractivity contribution in [3.63, 3.8) is 0 Å². The first-order valence-corrected chi connectivity index (χ1v) is 9.15. The van der Waals surface area contributed by atoms with Crippen molar-refractivity contribution in [2.45, 2.75) is 46.7 Å². The molecule has 0 aliphatic heterocycles. The van der Waals surface area contributed by atoms with Crippen molar-refractivity contribution >= 4 is 21.8 Å². The summed E-state index contributed by atoms with van der Waals surface area (Å²) in [6, 6.07) is 4.35. The molecule has 0 atom stereocenters. The molecular weight excluding hydrogens is 372 g/mol. The number of hydrogen-bond acceptors (Lipinski definition) is 4. The molecule has 1 N–H and O–H groups in total. The number of carbonyl (C=O) groups is 1. The molecule has 1 rings (SSSR count). The number of rotatable bonds is 9. The van der Waals surface area contributed by atoms with Crippen LogP contribution in [0.3, 0.4) is 0 Å². The maximum absolute atomic E-state index is 12.4. The van der Waals surface area contributed by atoms with Crippen LogP contribution in [-0.4, -0.2) is 49.7 Å². The number of halogens is 1. The second kappa shape index (κ2) is 9.89. The van der Waals surface area contributed by atoms with Gasteiger partial charge in [-0.3, -0.25) is 9.69 Å². The van der Waals surface area contributed by atoms with E-state index in [4.69, 9.17) is 9.47 Å². The maximum atomic E-state index is 12.4. The molecule has 0 fully saturated rings. The SMILES string of the molecule is CCOc1c(Br)cc(C(=O)NCCN(C(C)C)C(C)C)cc1OC. The van der Waals surface area contributed by atoms with Crippen LogP contribution in [-0.2, 0) is 0 Å². The molecule has 0 spiro atoms. The number of nitrogens with zero attached hydrogens (tertiary/aromatic N) is 1. The number of carbonyl (C=O) groups excluding carboxylic acids is 1. The van der Waals surface area contributed by atoms with E-state index in [1.165, 1.54) is 0 Å². The Morgan fingerprint density at radius 3 is 2.38 bits per heavy atom. The summed E-state index contributed by atoms with van der Waals surface area (Å²) in [6.45, 7) is 12.5. The molecule has 1 amide bonds. The standard InChI is InChI=1S/C18H29BrN2O3/c1-7-24-17-15(19)10-14(11-16(17)23-6)18(22)20-8-9-21(12(2)3)13(4)5/h10-13H,7-9H2,1-6H3,(H,20,22). The highest BCUT2D eigenvalue weighted by atomic mass is 79.9. The Balaban J connectivity index is 2.76. The number of hydrogen-bond donors (Lipinski definition) is 1. The predicted molar refractivity (Wildman–Crippen MR) is 101 cm³/mol. The Morgan fingerprint density at radius 1 is 1.25 bits per heavy atom. The fourth-order valence-corrected chi connectivity index (χ4v) is 3.21. The molecular formula is C18H29BrN2O3. The lowest BCUT2D eigenvalue weighted by Gasteiger charge is -2.30. The zero-order chi connectivity index (χ0) is 18.3. The number of benzene rings is 1. The predicted octanol–water partition coefficient (Wildman–Crippen LogP) is 3.71. The zero-order valence-corrected chi connectivity index (χ0v) is 17.1. The molecule has 24 heavy (non-hydrogen) atoms. The van der Waals surface area contributed by atoms with Crippen molar-refractivity contribution in [2.75, 3.05) is 26.8 Å². The van der Waals surface area contributed by atoms with E-state index >= 15 is 0 Å². The summed E-state index contributed by atoms with van der Waals surface area (Å²) in [7, 11) is 1.56. The molecule has 136 valence electrons. The largest absolute Gasteiger partial charge is 0.493 e. The quantitative estimate of drug-likeness (QED) is 0.686. The molecule has 0 unspecified atom stereocenters. The molecule has 6 heteroatoms. The average molecular weight is 401 g/mol. The Morgan fingerprint density at radius 2 is 1.88 bits per heavy atom. The molecule has 5 nitrogen and oxygen atoms in total. The molecule has 1 aromatic carbocycles. The summed E-state index contributed by atoms with van der Waals surface area (Å²) in [5, 5.41) is 2.97. The highest BCUT2D eigenvalue weighted by Crippen LogP contribution is 2.36. The molecule has 0 bridgehead atoms. The van der Waals surface area contributed by atoms with Gasteiger partial charge in [-0.1, -0.05) is 0 Å². The summed E-state index contributed by atoms with van der Waals surface area (Å²) in [5.74, 6) is 1.04. The van der Waals surface area contributed by atoms with Gasteiger partial charge in [0.1, 0.15) is 0 Å². The lowest BCUT2D eigenvalue weighted by molar-refractivity contribution is 0.0939. The van der Waals surface area contributed by atoms with Gasteiger partial charge in [0.25, 0.3) is 5.91 Å². The van der Waals surface area contributed by atoms with Crippen molar-refractivity contribution < 1.29 is 14.3 Å². The minimum absolute atomic E-state index is 0.121. The fraction of sp³-hybridized carbons (Fsp3) is 0.611. The van der Waals surface area contributed by atoms with Crippen LogP contribution in [0.15, 0.2) is 16.6 Å². The Kier molecular flexibility index (Phi) is 8.56. The van der Waals surface area contributed by atoms with E-state index in [-0.39, 0.29) is 5.91 Å². The third kappa shape index (κ3) is 5.67. The number of nitrogens with one attached hydrogen (secondary N) is 1. The van der Waals surface area contributed by atoms with Crippen molar-refractivity contribution in [3.05, 3.63) is 22.2 Å². The van der Waals surface area contributed by atoms with Crippen LogP contribution >= 0.6 is 15.9 Å². The highest BCUT2D eigenvalue weighted by molar-refractivity contribution is 9.10. The van der Waals surface area contributed by atoms with Gasteiger partial charge in [-0.2, -0.15) is 0 Å². The summed E-state index contributed by atoms with van der Waals surface area (Å²) in [5.41, 5.74) is 0.544. The van der Waals surface area contributed by atoms with Crippen molar-refractivity contribution in [1.82, 2.24) is 10.2 Å². The number of methoxy groups -OCH3 is 1. The third-order valence-corrected chi connectivity index (χ3v) is 4.35. The van der Waals surface area contributed by atoms with Gasteiger partial charge in [0.15, 0.2) is 11.5 Å². The van der Waals surface area contributed by atoms with Crippen LogP contribution in [0.25, 0.3) is 0 Å². The second-order valence-corrected chi connectivity index (χ2v) is 6.96. The van der Waals surface area contributed by atoms with E-state index < -0.39 is 0 Å². The van der Waals surface area contributed by atoms with Gasteiger partial charge < -0.3 is 14.8 Å². The smallest absolute Gasteiger partial charge is 0.251 e. The van der Waals surface area contributed by atoms with Crippen LogP contribution in [0.1, 0.15) is 45.0 Å². The van der Waals surface area contributed by atoms with Gasteiger partial charge in [-0.25, -0.2) is 0 Å². The van der Waals surface area contributed by atoms with Gasteiger partial charge >= 0.3 is 0 Å². The van der Waals surface area contributed by atoms with E-state index in [0.717, 1.165) is 6.54 Å². The van der Waals surface area contributed by atoms with E-state index in [1.807, 2.05) is 6.92 Å². The first-order valence-electron chi connectivity index (χ1n) is 8.36. The third-order valence-electron chi connectivity index (χ3n) is 3.76. The Bertz CT molecular complexity index is 539. The van der Waals surface area contributed by atoms with Crippen LogP contribution in [0, 0.1) is 0 Å². The summed E-state index contributed by atoms with van der Waals surface area (Å²) in [4.78, 5) is 14.8. The van der Waals surface area contributed by atoms with E-state index in [0.29, 0.717) is 46.8 Å². The van der Waals surface area contributed by atoms with Gasteiger partial charge in [0.2, 0.25) is 0 Å². The molecule has 0 aliphatic carbocycles. The first kappa shape index (κ1) is 20.8.